The Bertz CT molecular complexity index is 1040. The fraction of sp³-hybridized carbons (Fsp3) is 0.158. The van der Waals surface area contributed by atoms with Crippen molar-refractivity contribution in [3.8, 4) is 11.4 Å². The number of thioether (sulfide) groups is 1. The van der Waals surface area contributed by atoms with E-state index in [0.29, 0.717) is 32.9 Å². The Morgan fingerprint density at radius 1 is 1.07 bits per heavy atom. The molecule has 0 aliphatic rings. The number of carbonyl (C=O) groups is 2. The van der Waals surface area contributed by atoms with E-state index in [2.05, 4.69) is 20.8 Å². The Kier molecular flexibility index (Phi) is 6.40. The summed E-state index contributed by atoms with van der Waals surface area (Å²) in [6.07, 6.45) is 0. The van der Waals surface area contributed by atoms with Crippen LogP contribution in [-0.4, -0.2) is 31.9 Å². The zero-order chi connectivity index (χ0) is 21.0. The lowest BCUT2D eigenvalue weighted by molar-refractivity contribution is -0.115. The Morgan fingerprint density at radius 3 is 2.31 bits per heavy atom. The van der Waals surface area contributed by atoms with Crippen LogP contribution in [0.2, 0.25) is 5.02 Å². The van der Waals surface area contributed by atoms with Gasteiger partial charge in [0.2, 0.25) is 17.0 Å². The molecule has 1 aromatic heterocycles. The van der Waals surface area contributed by atoms with E-state index in [-0.39, 0.29) is 11.8 Å². The van der Waals surface area contributed by atoms with Crippen LogP contribution < -0.4 is 16.5 Å². The van der Waals surface area contributed by atoms with Crippen LogP contribution in [0.25, 0.3) is 11.4 Å². The minimum absolute atomic E-state index is 0.158. The Morgan fingerprint density at radius 2 is 1.69 bits per heavy atom. The van der Waals surface area contributed by atoms with Gasteiger partial charge >= 0.3 is 0 Å². The van der Waals surface area contributed by atoms with Crippen molar-refractivity contribution < 1.29 is 9.59 Å². The van der Waals surface area contributed by atoms with Gasteiger partial charge in [-0.05, 0) is 43.3 Å². The van der Waals surface area contributed by atoms with Gasteiger partial charge in [0.15, 0.2) is 5.82 Å². The second-order valence-electron chi connectivity index (χ2n) is 6.16. The fourth-order valence-electron chi connectivity index (χ4n) is 2.48. The normalized spacial score (nSPS) is 11.7. The van der Waals surface area contributed by atoms with Crippen LogP contribution in [0.15, 0.2) is 53.7 Å². The molecule has 0 bridgehead atoms. The van der Waals surface area contributed by atoms with E-state index < -0.39 is 5.25 Å². The smallest absolute Gasteiger partial charge is 0.237 e. The maximum Gasteiger partial charge on any atom is 0.237 e. The quantitative estimate of drug-likeness (QED) is 0.408. The first kappa shape index (κ1) is 20.7. The number of amides is 2. The van der Waals surface area contributed by atoms with Crippen molar-refractivity contribution in [3.63, 3.8) is 0 Å². The van der Waals surface area contributed by atoms with Gasteiger partial charge in [-0.3, -0.25) is 9.59 Å². The number of halogens is 1. The summed E-state index contributed by atoms with van der Waals surface area (Å²) in [5.41, 5.74) is 1.93. The lowest BCUT2D eigenvalue weighted by Gasteiger charge is -2.12. The van der Waals surface area contributed by atoms with Gasteiger partial charge in [0.1, 0.15) is 0 Å². The van der Waals surface area contributed by atoms with E-state index >= 15 is 0 Å². The Hall–Kier alpha value is -3.04. The molecule has 0 saturated heterocycles. The average molecular weight is 431 g/mol. The van der Waals surface area contributed by atoms with Crippen molar-refractivity contribution in [3.05, 3.63) is 53.6 Å². The van der Waals surface area contributed by atoms with Crippen LogP contribution in [0.1, 0.15) is 13.8 Å². The molecular weight excluding hydrogens is 412 g/mol. The summed E-state index contributed by atoms with van der Waals surface area (Å²) in [6, 6.07) is 14.0. The van der Waals surface area contributed by atoms with Crippen LogP contribution in [0.5, 0.6) is 0 Å². The van der Waals surface area contributed by atoms with Crippen molar-refractivity contribution in [2.45, 2.75) is 24.3 Å². The molecule has 3 rings (SSSR count). The van der Waals surface area contributed by atoms with E-state index in [0.717, 1.165) is 0 Å². The molecular formula is C19H19ClN6O2S. The molecule has 0 saturated carbocycles. The minimum Gasteiger partial charge on any atom is -0.335 e. The number of anilines is 2. The summed E-state index contributed by atoms with van der Waals surface area (Å²) in [7, 11) is 0. The van der Waals surface area contributed by atoms with Gasteiger partial charge in [-0.1, -0.05) is 35.5 Å². The van der Waals surface area contributed by atoms with Crippen molar-refractivity contribution in [2.75, 3.05) is 16.5 Å². The standard InChI is InChI=1S/C19H19ClN6O2S/c1-11(18(28)23-14-9-7-13(8-10-14)22-12(2)27)29-19-25-24-17(26(19)21)15-5-3-4-6-16(15)20/h3-11H,21H2,1-2H3,(H,22,27)(H,23,28). The van der Waals surface area contributed by atoms with E-state index in [1.165, 1.54) is 23.4 Å². The van der Waals surface area contributed by atoms with Gasteiger partial charge in [-0.2, -0.15) is 0 Å². The van der Waals surface area contributed by atoms with Crippen molar-refractivity contribution in [1.82, 2.24) is 14.9 Å². The molecule has 0 radical (unpaired) electrons. The highest BCUT2D eigenvalue weighted by Crippen LogP contribution is 2.29. The molecule has 0 aliphatic heterocycles. The van der Waals surface area contributed by atoms with E-state index in [1.807, 2.05) is 12.1 Å². The van der Waals surface area contributed by atoms with Crippen molar-refractivity contribution >= 4 is 46.6 Å². The summed E-state index contributed by atoms with van der Waals surface area (Å²) >= 11 is 7.38. The molecule has 29 heavy (non-hydrogen) atoms. The maximum absolute atomic E-state index is 12.5. The SMILES string of the molecule is CC(=O)Nc1ccc(NC(=O)C(C)Sc2nnc(-c3ccccc3Cl)n2N)cc1. The van der Waals surface area contributed by atoms with Crippen LogP contribution in [0, 0.1) is 0 Å². The lowest BCUT2D eigenvalue weighted by Crippen LogP contribution is -2.23. The number of nitrogen functional groups attached to an aromatic ring is 1. The predicted molar refractivity (Wildman–Crippen MR) is 115 cm³/mol. The summed E-state index contributed by atoms with van der Waals surface area (Å²) in [4.78, 5) is 23.6. The summed E-state index contributed by atoms with van der Waals surface area (Å²) in [5.74, 6) is 6.15. The van der Waals surface area contributed by atoms with Gasteiger partial charge in [0.05, 0.1) is 10.3 Å². The number of nitrogens with zero attached hydrogens (tertiary/aromatic N) is 3. The fourth-order valence-corrected chi connectivity index (χ4v) is 3.47. The molecule has 0 spiro atoms. The van der Waals surface area contributed by atoms with Crippen LogP contribution in [-0.2, 0) is 9.59 Å². The second kappa shape index (κ2) is 8.97. The van der Waals surface area contributed by atoms with Gasteiger partial charge in [-0.15, -0.1) is 10.2 Å². The zero-order valence-corrected chi connectivity index (χ0v) is 17.3. The highest BCUT2D eigenvalue weighted by Gasteiger charge is 2.21. The third-order valence-electron chi connectivity index (χ3n) is 3.90. The van der Waals surface area contributed by atoms with E-state index in [9.17, 15) is 9.59 Å². The maximum atomic E-state index is 12.5. The number of hydrogen-bond donors (Lipinski definition) is 3. The molecule has 3 aromatic rings. The lowest BCUT2D eigenvalue weighted by atomic mass is 10.2. The molecule has 8 nitrogen and oxygen atoms in total. The van der Waals surface area contributed by atoms with Gasteiger partial charge in [0.25, 0.3) is 0 Å². The summed E-state index contributed by atoms with van der Waals surface area (Å²) < 4.78 is 1.32. The molecule has 0 aliphatic carbocycles. The molecule has 0 fully saturated rings. The average Bonchev–Trinajstić information content (AvgIpc) is 3.03. The molecule has 2 aromatic carbocycles. The summed E-state index contributed by atoms with van der Waals surface area (Å²) in [5, 5.41) is 14.1. The number of carbonyl (C=O) groups excluding carboxylic acids is 2. The number of benzene rings is 2. The zero-order valence-electron chi connectivity index (χ0n) is 15.7. The number of aromatic nitrogens is 3. The van der Waals surface area contributed by atoms with Crippen LogP contribution in [0.3, 0.4) is 0 Å². The molecule has 10 heteroatoms. The number of nitrogens with two attached hydrogens (primary N) is 1. The molecule has 150 valence electrons. The molecule has 1 heterocycles. The number of nitrogens with one attached hydrogen (secondary N) is 2. The first-order valence-corrected chi connectivity index (χ1v) is 9.91. The Balaban J connectivity index is 1.66. The van der Waals surface area contributed by atoms with E-state index in [1.54, 1.807) is 43.3 Å². The van der Waals surface area contributed by atoms with Crippen molar-refractivity contribution in [1.29, 1.82) is 0 Å². The molecule has 4 N–H and O–H groups in total. The van der Waals surface area contributed by atoms with E-state index in [4.69, 9.17) is 17.4 Å². The molecule has 1 unspecified atom stereocenters. The van der Waals surface area contributed by atoms with Gasteiger partial charge < -0.3 is 16.5 Å². The predicted octanol–water partition coefficient (Wildman–Crippen LogP) is 3.39. The highest BCUT2D eigenvalue weighted by molar-refractivity contribution is 8.00. The van der Waals surface area contributed by atoms with Gasteiger partial charge in [0, 0.05) is 23.9 Å². The monoisotopic (exact) mass is 430 g/mol. The summed E-state index contributed by atoms with van der Waals surface area (Å²) in [6.45, 7) is 3.18. The molecule has 2 amide bonds. The largest absolute Gasteiger partial charge is 0.335 e. The minimum atomic E-state index is -0.476. The number of hydrogen-bond acceptors (Lipinski definition) is 6. The number of rotatable bonds is 6. The van der Waals surface area contributed by atoms with Crippen LogP contribution >= 0.6 is 23.4 Å². The topological polar surface area (TPSA) is 115 Å². The third-order valence-corrected chi connectivity index (χ3v) is 5.29. The first-order valence-electron chi connectivity index (χ1n) is 8.65. The third kappa shape index (κ3) is 5.07. The van der Waals surface area contributed by atoms with Crippen molar-refractivity contribution in [2.24, 2.45) is 0 Å². The second-order valence-corrected chi connectivity index (χ2v) is 7.88. The molecule has 1 atom stereocenters. The van der Waals surface area contributed by atoms with Gasteiger partial charge in [-0.25, -0.2) is 4.68 Å². The Labute approximate surface area is 176 Å². The highest BCUT2D eigenvalue weighted by atomic mass is 35.5. The van der Waals surface area contributed by atoms with Crippen LogP contribution in [0.4, 0.5) is 11.4 Å². The first-order chi connectivity index (χ1) is 13.8.